The van der Waals surface area contributed by atoms with Crippen molar-refractivity contribution in [1.29, 1.82) is 0 Å². The Labute approximate surface area is 94.1 Å². The van der Waals surface area contributed by atoms with Crippen LogP contribution in [0.15, 0.2) is 18.2 Å². The van der Waals surface area contributed by atoms with Crippen LogP contribution in [0.1, 0.15) is 24.1 Å². The second-order valence-electron chi connectivity index (χ2n) is 4.00. The molecule has 1 heterocycles. The van der Waals surface area contributed by atoms with Gasteiger partial charge >= 0.3 is 0 Å². The molecule has 3 rings (SSSR count). The average Bonchev–Trinajstić information content (AvgIpc) is 2.30. The van der Waals surface area contributed by atoms with Crippen molar-refractivity contribution in [1.82, 2.24) is 4.98 Å². The third kappa shape index (κ3) is 1.42. The third-order valence-corrected chi connectivity index (χ3v) is 3.47. The van der Waals surface area contributed by atoms with Crippen LogP contribution in [0.2, 0.25) is 5.02 Å². The molecule has 1 radical (unpaired) electrons. The van der Waals surface area contributed by atoms with Gasteiger partial charge in [0.05, 0.1) is 10.5 Å². The molecule has 0 spiro atoms. The van der Waals surface area contributed by atoms with E-state index in [-0.39, 0.29) is 0 Å². The van der Waals surface area contributed by atoms with E-state index in [1.807, 2.05) is 18.2 Å². The SMILES string of the molecule is Clc1c2c(nc3c[c]ccc13)CCCC2. The van der Waals surface area contributed by atoms with Crippen molar-refractivity contribution in [3.8, 4) is 0 Å². The standard InChI is InChI=1S/C13H11ClN/c14-13-9-5-1-3-7-11(9)15-12-8-4-2-6-10(12)13/h1,5,7H,2,4,6,8H2. The zero-order valence-corrected chi connectivity index (χ0v) is 9.14. The lowest BCUT2D eigenvalue weighted by molar-refractivity contribution is 0.671. The highest BCUT2D eigenvalue weighted by Gasteiger charge is 2.16. The van der Waals surface area contributed by atoms with Crippen molar-refractivity contribution < 1.29 is 0 Å². The molecule has 0 atom stereocenters. The Bertz CT molecular complexity index is 519. The predicted octanol–water partition coefficient (Wildman–Crippen LogP) is 3.57. The lowest BCUT2D eigenvalue weighted by Gasteiger charge is -2.17. The van der Waals surface area contributed by atoms with E-state index in [9.17, 15) is 0 Å². The van der Waals surface area contributed by atoms with Gasteiger partial charge in [-0.25, -0.2) is 0 Å². The van der Waals surface area contributed by atoms with Gasteiger partial charge in [0, 0.05) is 11.1 Å². The first kappa shape index (κ1) is 9.17. The van der Waals surface area contributed by atoms with Gasteiger partial charge in [0.15, 0.2) is 0 Å². The van der Waals surface area contributed by atoms with Crippen LogP contribution in [-0.4, -0.2) is 4.98 Å². The summed E-state index contributed by atoms with van der Waals surface area (Å²) in [5.41, 5.74) is 3.43. The topological polar surface area (TPSA) is 12.9 Å². The Morgan fingerprint density at radius 3 is 3.07 bits per heavy atom. The lowest BCUT2D eigenvalue weighted by Crippen LogP contribution is -2.06. The maximum Gasteiger partial charge on any atom is 0.0726 e. The van der Waals surface area contributed by atoms with E-state index in [0.29, 0.717) is 0 Å². The van der Waals surface area contributed by atoms with Crippen LogP contribution in [-0.2, 0) is 12.8 Å². The highest BCUT2D eigenvalue weighted by atomic mass is 35.5. The van der Waals surface area contributed by atoms with Gasteiger partial charge < -0.3 is 0 Å². The minimum absolute atomic E-state index is 0.906. The van der Waals surface area contributed by atoms with Crippen molar-refractivity contribution in [2.45, 2.75) is 25.7 Å². The Hall–Kier alpha value is -1.08. The largest absolute Gasteiger partial charge is 0.252 e. The summed E-state index contributed by atoms with van der Waals surface area (Å²) in [5, 5.41) is 1.97. The van der Waals surface area contributed by atoms with Crippen molar-refractivity contribution in [3.63, 3.8) is 0 Å². The predicted molar refractivity (Wildman–Crippen MR) is 62.2 cm³/mol. The van der Waals surface area contributed by atoms with Gasteiger partial charge in [0.1, 0.15) is 0 Å². The molecule has 0 saturated heterocycles. The second-order valence-corrected chi connectivity index (χ2v) is 4.38. The number of nitrogens with zero attached hydrogens (tertiary/aromatic N) is 1. The van der Waals surface area contributed by atoms with Crippen molar-refractivity contribution >= 4 is 22.5 Å². The number of benzene rings is 1. The molecule has 2 heteroatoms. The summed E-state index contributed by atoms with van der Waals surface area (Å²) in [6.07, 6.45) is 4.62. The fourth-order valence-electron chi connectivity index (χ4n) is 2.26. The molecule has 0 N–H and O–H groups in total. The first-order valence-corrected chi connectivity index (χ1v) is 5.71. The van der Waals surface area contributed by atoms with Crippen LogP contribution in [0.25, 0.3) is 10.9 Å². The quantitative estimate of drug-likeness (QED) is 0.656. The zero-order valence-electron chi connectivity index (χ0n) is 8.39. The summed E-state index contributed by atoms with van der Waals surface area (Å²) in [4.78, 5) is 4.66. The van der Waals surface area contributed by atoms with Crippen LogP contribution in [0, 0.1) is 6.07 Å². The fraction of sp³-hybridized carbons (Fsp3) is 0.308. The first-order valence-electron chi connectivity index (χ1n) is 5.33. The van der Waals surface area contributed by atoms with Crippen molar-refractivity contribution in [2.24, 2.45) is 0 Å². The molecule has 15 heavy (non-hydrogen) atoms. The molecule has 0 aliphatic heterocycles. The van der Waals surface area contributed by atoms with Gasteiger partial charge in [-0.1, -0.05) is 23.7 Å². The summed E-state index contributed by atoms with van der Waals surface area (Å²) in [7, 11) is 0. The molecule has 2 aromatic rings. The summed E-state index contributed by atoms with van der Waals surface area (Å²) in [6.45, 7) is 0. The summed E-state index contributed by atoms with van der Waals surface area (Å²) < 4.78 is 0. The van der Waals surface area contributed by atoms with E-state index in [1.165, 1.54) is 24.1 Å². The van der Waals surface area contributed by atoms with Gasteiger partial charge in [0.25, 0.3) is 0 Å². The van der Waals surface area contributed by atoms with Crippen molar-refractivity contribution in [3.05, 3.63) is 40.5 Å². The molecular weight excluding hydrogens is 206 g/mol. The van der Waals surface area contributed by atoms with E-state index in [1.54, 1.807) is 0 Å². The number of halogens is 1. The van der Waals surface area contributed by atoms with Gasteiger partial charge in [-0.3, -0.25) is 4.98 Å². The molecule has 0 amide bonds. The summed E-state index contributed by atoms with van der Waals surface area (Å²) in [6, 6.07) is 8.85. The highest BCUT2D eigenvalue weighted by molar-refractivity contribution is 6.36. The molecule has 75 valence electrons. The number of aryl methyl sites for hydroxylation is 1. The maximum absolute atomic E-state index is 6.41. The molecular formula is C13H11ClN. The molecule has 0 bridgehead atoms. The molecule has 1 aromatic heterocycles. The molecule has 1 aliphatic rings. The van der Waals surface area contributed by atoms with E-state index in [0.717, 1.165) is 28.8 Å². The Kier molecular flexibility index (Phi) is 2.14. The number of hydrogen-bond acceptors (Lipinski definition) is 1. The molecule has 1 aromatic carbocycles. The van der Waals surface area contributed by atoms with Gasteiger partial charge in [-0.15, -0.1) is 0 Å². The minimum Gasteiger partial charge on any atom is -0.252 e. The molecule has 1 aliphatic carbocycles. The van der Waals surface area contributed by atoms with E-state index >= 15 is 0 Å². The summed E-state index contributed by atoms with van der Waals surface area (Å²) in [5.74, 6) is 0. The second kappa shape index (κ2) is 3.49. The number of fused-ring (bicyclic) bond motifs is 2. The Balaban J connectivity index is 2.36. The fourth-order valence-corrected chi connectivity index (χ4v) is 2.62. The Morgan fingerprint density at radius 1 is 1.27 bits per heavy atom. The number of rotatable bonds is 0. The van der Waals surface area contributed by atoms with E-state index in [2.05, 4.69) is 11.1 Å². The molecule has 1 nitrogen and oxygen atoms in total. The smallest absolute Gasteiger partial charge is 0.0726 e. The van der Waals surface area contributed by atoms with Gasteiger partial charge in [-0.2, -0.15) is 0 Å². The van der Waals surface area contributed by atoms with Crippen LogP contribution in [0.3, 0.4) is 0 Å². The van der Waals surface area contributed by atoms with Crippen molar-refractivity contribution in [2.75, 3.05) is 0 Å². The van der Waals surface area contributed by atoms with E-state index < -0.39 is 0 Å². The van der Waals surface area contributed by atoms with Crippen LogP contribution < -0.4 is 0 Å². The Morgan fingerprint density at radius 2 is 2.13 bits per heavy atom. The summed E-state index contributed by atoms with van der Waals surface area (Å²) >= 11 is 6.41. The average molecular weight is 217 g/mol. The maximum atomic E-state index is 6.41. The third-order valence-electron chi connectivity index (χ3n) is 3.04. The molecule has 0 saturated carbocycles. The lowest BCUT2D eigenvalue weighted by atomic mass is 9.94. The van der Waals surface area contributed by atoms with Crippen LogP contribution >= 0.6 is 11.6 Å². The normalized spacial score (nSPS) is 15.3. The first-order chi connectivity index (χ1) is 7.36. The molecule has 0 unspecified atom stereocenters. The van der Waals surface area contributed by atoms with Gasteiger partial charge in [-0.05, 0) is 43.4 Å². The number of aromatic nitrogens is 1. The minimum atomic E-state index is 0.906. The van der Waals surface area contributed by atoms with Crippen LogP contribution in [0.5, 0.6) is 0 Å². The monoisotopic (exact) mass is 216 g/mol. The van der Waals surface area contributed by atoms with E-state index in [4.69, 9.17) is 11.6 Å². The molecule has 0 fully saturated rings. The number of pyridine rings is 1. The van der Waals surface area contributed by atoms with Crippen LogP contribution in [0.4, 0.5) is 0 Å². The highest BCUT2D eigenvalue weighted by Crippen LogP contribution is 2.32. The van der Waals surface area contributed by atoms with Gasteiger partial charge in [0.2, 0.25) is 0 Å². The number of hydrogen-bond donors (Lipinski definition) is 0. The zero-order chi connectivity index (χ0) is 10.3.